The zero-order valence-electron chi connectivity index (χ0n) is 32.4. The van der Waals surface area contributed by atoms with Crippen LogP contribution in [0.2, 0.25) is 5.04 Å². The molecule has 15 heteroatoms. The average Bonchev–Trinajstić information content (AvgIpc) is 3.41. The smallest absolute Gasteiger partial charge is 0.487 e. The van der Waals surface area contributed by atoms with Crippen LogP contribution >= 0.6 is 0 Å². The first kappa shape index (κ1) is 41.5. The normalized spacial score (nSPS) is 21.7. The second-order valence-corrected chi connectivity index (χ2v) is 20.8. The molecule has 3 aliphatic rings. The van der Waals surface area contributed by atoms with Gasteiger partial charge >= 0.3 is 19.5 Å². The summed E-state index contributed by atoms with van der Waals surface area (Å²) in [5.41, 5.74) is -1.78. The molecule has 58 heavy (non-hydrogen) atoms. The van der Waals surface area contributed by atoms with Gasteiger partial charge in [-0.2, -0.15) is 26.3 Å². The van der Waals surface area contributed by atoms with Crippen molar-refractivity contribution in [3.63, 3.8) is 0 Å². The Morgan fingerprint density at radius 1 is 0.793 bits per heavy atom. The van der Waals surface area contributed by atoms with Crippen molar-refractivity contribution in [1.82, 2.24) is 0 Å². The van der Waals surface area contributed by atoms with Gasteiger partial charge in [-0.25, -0.2) is 4.90 Å². The second-order valence-electron chi connectivity index (χ2n) is 16.4. The maximum atomic E-state index is 14.5. The Labute approximate surface area is 333 Å². The van der Waals surface area contributed by atoms with Crippen LogP contribution in [-0.4, -0.2) is 44.0 Å². The van der Waals surface area contributed by atoms with Gasteiger partial charge in [-0.1, -0.05) is 81.4 Å². The number of aryl methyl sites for hydroxylation is 2. The zero-order valence-corrected chi connectivity index (χ0v) is 33.4. The molecule has 4 aromatic carbocycles. The fraction of sp³-hybridized carbons (Fsp3) is 0.349. The van der Waals surface area contributed by atoms with Crippen molar-refractivity contribution in [2.45, 2.75) is 71.0 Å². The summed E-state index contributed by atoms with van der Waals surface area (Å²) < 4.78 is 97.4. The van der Waals surface area contributed by atoms with Crippen LogP contribution in [0.1, 0.15) is 67.5 Å². The first-order chi connectivity index (χ1) is 27.1. The number of halogens is 6. The number of allylic oxidation sites excluding steroid dienone is 1. The molecule has 2 amide bonds. The van der Waals surface area contributed by atoms with Crippen LogP contribution in [0.15, 0.2) is 102 Å². The number of rotatable bonds is 7. The monoisotopic (exact) mass is 821 g/mol. The van der Waals surface area contributed by atoms with Gasteiger partial charge in [-0.3, -0.25) is 9.59 Å². The van der Waals surface area contributed by atoms with E-state index >= 15 is 0 Å². The summed E-state index contributed by atoms with van der Waals surface area (Å²) in [5.74, 6) is -5.22. The molecule has 4 atom stereocenters. The minimum atomic E-state index is -5.22. The number of aromatic hydroxyl groups is 1. The van der Waals surface area contributed by atoms with Gasteiger partial charge in [-0.05, 0) is 106 Å². The molecule has 2 heterocycles. The number of benzene rings is 4. The van der Waals surface area contributed by atoms with E-state index in [0.29, 0.717) is 44.8 Å². The van der Waals surface area contributed by atoms with Crippen molar-refractivity contribution < 1.29 is 55.1 Å². The molecule has 0 saturated carbocycles. The molecular formula is C43H42BF6NO6Si. The lowest BCUT2D eigenvalue weighted by molar-refractivity contribution is -0.143. The van der Waals surface area contributed by atoms with E-state index in [1.54, 1.807) is 26.0 Å². The number of anilines is 1. The van der Waals surface area contributed by atoms with Crippen LogP contribution in [0, 0.1) is 31.6 Å². The molecule has 0 bridgehead atoms. The second kappa shape index (κ2) is 14.8. The van der Waals surface area contributed by atoms with Gasteiger partial charge in [0, 0.05) is 0 Å². The van der Waals surface area contributed by atoms with E-state index in [1.165, 1.54) is 0 Å². The van der Waals surface area contributed by atoms with Crippen LogP contribution in [0.5, 0.6) is 5.75 Å². The van der Waals surface area contributed by atoms with Crippen molar-refractivity contribution in [3.05, 3.63) is 130 Å². The number of phenolic OH excluding ortho intramolecular Hbond substituents is 1. The molecule has 0 spiro atoms. The highest BCUT2D eigenvalue weighted by Crippen LogP contribution is 2.53. The summed E-state index contributed by atoms with van der Waals surface area (Å²) in [6.45, 7) is 9.48. The summed E-state index contributed by atoms with van der Waals surface area (Å²) in [4.78, 5) is 29.4. The molecule has 1 aliphatic carbocycles. The van der Waals surface area contributed by atoms with Gasteiger partial charge in [-0.15, -0.1) is 0 Å². The van der Waals surface area contributed by atoms with E-state index in [1.807, 2.05) is 60.7 Å². The Bertz CT molecular complexity index is 2180. The number of phenols is 1. The van der Waals surface area contributed by atoms with Crippen molar-refractivity contribution >= 4 is 43.3 Å². The number of hydrogen-bond acceptors (Lipinski definition) is 6. The Morgan fingerprint density at radius 2 is 1.31 bits per heavy atom. The fourth-order valence-electron chi connectivity index (χ4n) is 9.21. The van der Waals surface area contributed by atoms with E-state index < -0.39 is 85.3 Å². The van der Waals surface area contributed by atoms with E-state index in [0.717, 1.165) is 10.4 Å². The molecule has 2 saturated heterocycles. The van der Waals surface area contributed by atoms with Gasteiger partial charge in [0.05, 0.1) is 41.4 Å². The number of hydrogen-bond donors (Lipinski definition) is 2. The summed E-state index contributed by atoms with van der Waals surface area (Å²) in [6.07, 6.45) is -11.4. The molecule has 7 rings (SSSR count). The molecular weight excluding hydrogens is 779 g/mol. The summed E-state index contributed by atoms with van der Waals surface area (Å²) in [6, 6.07) is 23.5. The largest absolute Gasteiger partial charge is 0.507 e. The van der Waals surface area contributed by atoms with E-state index in [2.05, 4.69) is 20.8 Å². The summed E-state index contributed by atoms with van der Waals surface area (Å²) in [5, 5.41) is 23.8. The van der Waals surface area contributed by atoms with E-state index in [-0.39, 0.29) is 31.3 Å². The van der Waals surface area contributed by atoms with Crippen molar-refractivity contribution in [2.24, 2.45) is 17.8 Å². The number of amides is 2. The number of alkyl halides is 6. The number of nitrogens with zero attached hydrogens (tertiary/aromatic N) is 1. The van der Waals surface area contributed by atoms with Gasteiger partial charge in [0.15, 0.2) is 0 Å². The standard InChI is InChI=1S/C43H42BF6NO6Si/c1-24-16-26(17-25(2)38(24)52)35-22-33-36-34(39(53)51(40(36)54)30-20-28(42(45,46)47)19-29(21-30)43(48,49)50)18-27(37(33)44(55)57-35)23-56-58(41(3,4)5,31-12-8-6-9-13-31)32-14-10-7-11-15-32/h6-17,19-21,33-36,52,55H,18,22-23H2,1-5H3/t33-,34-,35-,36+/m0/s1. The number of imide groups is 1. The molecule has 4 aromatic rings. The first-order valence-corrected chi connectivity index (χ1v) is 20.8. The predicted molar refractivity (Wildman–Crippen MR) is 209 cm³/mol. The Kier molecular flexibility index (Phi) is 10.6. The lowest BCUT2D eigenvalue weighted by Crippen LogP contribution is -2.66. The highest BCUT2D eigenvalue weighted by molar-refractivity contribution is 6.99. The predicted octanol–water partition coefficient (Wildman–Crippen LogP) is 8.23. The molecule has 0 radical (unpaired) electrons. The lowest BCUT2D eigenvalue weighted by atomic mass is 9.55. The van der Waals surface area contributed by atoms with E-state index in [4.69, 9.17) is 9.08 Å². The van der Waals surface area contributed by atoms with Gasteiger partial charge in [0.25, 0.3) is 8.32 Å². The minimum absolute atomic E-state index is 0.0309. The maximum Gasteiger partial charge on any atom is 0.487 e. The van der Waals surface area contributed by atoms with Gasteiger partial charge < -0.3 is 19.2 Å². The summed E-state index contributed by atoms with van der Waals surface area (Å²) in [7, 11) is -4.84. The van der Waals surface area contributed by atoms with Crippen LogP contribution in [0.3, 0.4) is 0 Å². The molecule has 0 unspecified atom stereocenters. The quantitative estimate of drug-likeness (QED) is 0.111. The van der Waals surface area contributed by atoms with Crippen LogP contribution in [0.25, 0.3) is 0 Å². The summed E-state index contributed by atoms with van der Waals surface area (Å²) >= 11 is 0. The topological polar surface area (TPSA) is 96.3 Å². The maximum absolute atomic E-state index is 14.5. The van der Waals surface area contributed by atoms with Gasteiger partial charge in [0.1, 0.15) is 5.75 Å². The van der Waals surface area contributed by atoms with E-state index in [9.17, 15) is 46.1 Å². The van der Waals surface area contributed by atoms with Crippen molar-refractivity contribution in [3.8, 4) is 5.75 Å². The third-order valence-corrected chi connectivity index (χ3v) is 16.8. The van der Waals surface area contributed by atoms with Crippen molar-refractivity contribution in [1.29, 1.82) is 0 Å². The molecule has 0 aromatic heterocycles. The van der Waals surface area contributed by atoms with Crippen LogP contribution in [0.4, 0.5) is 32.0 Å². The Balaban J connectivity index is 1.36. The van der Waals surface area contributed by atoms with Crippen LogP contribution < -0.4 is 15.3 Å². The molecule has 304 valence electrons. The van der Waals surface area contributed by atoms with Crippen LogP contribution in [-0.2, 0) is 31.0 Å². The molecule has 2 fully saturated rings. The third-order valence-electron chi connectivity index (χ3n) is 11.8. The Hall–Kier alpha value is -4.70. The van der Waals surface area contributed by atoms with Gasteiger partial charge in [0.2, 0.25) is 11.8 Å². The van der Waals surface area contributed by atoms with Crippen molar-refractivity contribution in [2.75, 3.05) is 11.5 Å². The average molecular weight is 822 g/mol. The molecule has 2 aliphatic heterocycles. The highest BCUT2D eigenvalue weighted by atomic mass is 28.4. The minimum Gasteiger partial charge on any atom is -0.507 e. The lowest BCUT2D eigenvalue weighted by Gasteiger charge is -2.45. The number of fused-ring (bicyclic) bond motifs is 3. The number of carbonyl (C=O) groups excluding carboxylic acids is 2. The molecule has 2 N–H and O–H groups in total. The molecule has 7 nitrogen and oxygen atoms in total. The number of carbonyl (C=O) groups is 2. The SMILES string of the molecule is Cc1cc([C@@H]2C[C@@H]3C(=C(CO[Si](c4ccccc4)(c4ccccc4)C(C)(C)C)C[C@@H]4C(=O)N(c5cc(C(F)(F)F)cc(C(F)(F)F)c5)C(=O)[C@@H]43)B(O)O2)cc(C)c1O. The highest BCUT2D eigenvalue weighted by Gasteiger charge is 2.59. The third kappa shape index (κ3) is 7.20. The fourth-order valence-corrected chi connectivity index (χ4v) is 13.8. The zero-order chi connectivity index (χ0) is 42.1. The Morgan fingerprint density at radius 3 is 1.79 bits per heavy atom. The first-order valence-electron chi connectivity index (χ1n) is 18.9.